The van der Waals surface area contributed by atoms with E-state index >= 15 is 0 Å². The van der Waals surface area contributed by atoms with E-state index in [-0.39, 0.29) is 33.5 Å². The Morgan fingerprint density at radius 1 is 1.12 bits per heavy atom. The van der Waals surface area contributed by atoms with Crippen molar-refractivity contribution in [3.63, 3.8) is 0 Å². The molecule has 33 heavy (non-hydrogen) atoms. The highest BCUT2D eigenvalue weighted by Crippen LogP contribution is 2.32. The van der Waals surface area contributed by atoms with Crippen molar-refractivity contribution in [3.05, 3.63) is 65.6 Å². The summed E-state index contributed by atoms with van der Waals surface area (Å²) in [6.45, 7) is 3.27. The van der Waals surface area contributed by atoms with Crippen molar-refractivity contribution in [2.75, 3.05) is 5.32 Å². The lowest BCUT2D eigenvalue weighted by Gasteiger charge is -2.16. The van der Waals surface area contributed by atoms with E-state index in [4.69, 9.17) is 9.84 Å². The van der Waals surface area contributed by atoms with Gasteiger partial charge < -0.3 is 15.2 Å². The first-order valence-corrected chi connectivity index (χ1v) is 11.1. The molecule has 0 bridgehead atoms. The van der Waals surface area contributed by atoms with Gasteiger partial charge in [0.15, 0.2) is 5.69 Å². The molecule has 1 amide bonds. The maximum atomic E-state index is 13.1. The van der Waals surface area contributed by atoms with Crippen molar-refractivity contribution in [1.82, 2.24) is 14.5 Å². The fourth-order valence-corrected chi connectivity index (χ4v) is 4.23. The van der Waals surface area contributed by atoms with Crippen LogP contribution in [-0.2, 0) is 17.1 Å². The first-order chi connectivity index (χ1) is 15.5. The molecule has 1 aromatic heterocycles. The smallest absolute Gasteiger partial charge is 0.356 e. The average Bonchev–Trinajstić information content (AvgIpc) is 3.09. The van der Waals surface area contributed by atoms with Crippen LogP contribution in [0.15, 0.2) is 53.4 Å². The number of amides is 1. The highest BCUT2D eigenvalue weighted by atomic mass is 32.2. The number of nitrogens with one attached hydrogen (secondary N) is 2. The SMILES string of the molecule is CC(C)NS(=O)(=O)c1cc(NC(=O)c2ccc(F)cc2)ccc1Oc1cc(C(=O)O)nn1C. The number of carbonyl (C=O) groups excluding carboxylic acids is 1. The number of sulfonamides is 1. The maximum Gasteiger partial charge on any atom is 0.356 e. The number of hydrogen-bond donors (Lipinski definition) is 3. The van der Waals surface area contributed by atoms with E-state index in [9.17, 15) is 22.4 Å². The third kappa shape index (κ3) is 5.73. The number of halogens is 1. The molecule has 0 aliphatic rings. The molecule has 3 rings (SSSR count). The Labute approximate surface area is 189 Å². The molecule has 1 heterocycles. The van der Waals surface area contributed by atoms with Gasteiger partial charge in [-0.2, -0.15) is 5.10 Å². The number of anilines is 1. The Morgan fingerprint density at radius 3 is 2.36 bits per heavy atom. The Hall–Kier alpha value is -3.77. The van der Waals surface area contributed by atoms with Gasteiger partial charge in [0.05, 0.1) is 0 Å². The van der Waals surface area contributed by atoms with Crippen LogP contribution in [0, 0.1) is 5.82 Å². The second kappa shape index (κ2) is 9.38. The number of ether oxygens (including phenoxy) is 1. The lowest BCUT2D eigenvalue weighted by Crippen LogP contribution is -2.30. The molecule has 3 aromatic rings. The van der Waals surface area contributed by atoms with Crippen LogP contribution < -0.4 is 14.8 Å². The zero-order valence-electron chi connectivity index (χ0n) is 17.9. The van der Waals surface area contributed by atoms with Gasteiger partial charge in [0.25, 0.3) is 5.91 Å². The Balaban J connectivity index is 1.98. The van der Waals surface area contributed by atoms with E-state index < -0.39 is 33.8 Å². The summed E-state index contributed by atoms with van der Waals surface area (Å²) < 4.78 is 48.2. The largest absolute Gasteiger partial charge is 0.476 e. The Kier molecular flexibility index (Phi) is 6.79. The van der Waals surface area contributed by atoms with E-state index in [1.807, 2.05) is 0 Å². The number of aromatic carboxylic acids is 1. The molecule has 0 aliphatic heterocycles. The first kappa shape index (κ1) is 23.9. The van der Waals surface area contributed by atoms with E-state index in [1.165, 1.54) is 37.4 Å². The first-order valence-electron chi connectivity index (χ1n) is 9.65. The van der Waals surface area contributed by atoms with Gasteiger partial charge >= 0.3 is 5.97 Å². The van der Waals surface area contributed by atoms with E-state index in [0.717, 1.165) is 22.9 Å². The highest BCUT2D eigenvalue weighted by molar-refractivity contribution is 7.89. The van der Waals surface area contributed by atoms with Gasteiger partial charge in [-0.25, -0.2) is 27.0 Å². The predicted octanol–water partition coefficient (Wildman–Crippen LogP) is 2.99. The minimum absolute atomic E-state index is 0.00325. The second-order valence-electron chi connectivity index (χ2n) is 7.30. The standard InChI is InChI=1S/C21H21FN4O6S/c1-12(2)25-33(30,31)18-10-15(23-20(27)13-4-6-14(22)7-5-13)8-9-17(18)32-19-11-16(21(28)29)24-26(19)3/h4-12,25H,1-3H3,(H,23,27)(H,28,29). The number of rotatable bonds is 8. The summed E-state index contributed by atoms with van der Waals surface area (Å²) in [5.74, 6) is -2.45. The van der Waals surface area contributed by atoms with Crippen molar-refractivity contribution in [3.8, 4) is 11.6 Å². The van der Waals surface area contributed by atoms with Crippen molar-refractivity contribution in [2.45, 2.75) is 24.8 Å². The fraction of sp³-hybridized carbons (Fsp3) is 0.190. The van der Waals surface area contributed by atoms with Gasteiger partial charge in [-0.3, -0.25) is 4.79 Å². The van der Waals surface area contributed by atoms with Gasteiger partial charge in [-0.05, 0) is 56.3 Å². The minimum atomic E-state index is -4.08. The fourth-order valence-electron chi connectivity index (χ4n) is 2.82. The molecular weight excluding hydrogens is 455 g/mol. The number of carboxylic acid groups (broad SMARTS) is 1. The Bertz CT molecular complexity index is 1300. The van der Waals surface area contributed by atoms with Crippen LogP contribution in [0.1, 0.15) is 34.7 Å². The molecule has 0 aliphatic carbocycles. The molecule has 12 heteroatoms. The molecule has 10 nitrogen and oxygen atoms in total. The number of carbonyl (C=O) groups is 2. The number of aryl methyl sites for hydroxylation is 1. The quantitative estimate of drug-likeness (QED) is 0.454. The van der Waals surface area contributed by atoms with E-state index in [0.29, 0.717) is 0 Å². The van der Waals surface area contributed by atoms with Gasteiger partial charge in [0.1, 0.15) is 16.5 Å². The Morgan fingerprint density at radius 2 is 1.79 bits per heavy atom. The van der Waals surface area contributed by atoms with Gasteiger partial charge in [-0.15, -0.1) is 0 Å². The van der Waals surface area contributed by atoms with Crippen LogP contribution in [0.3, 0.4) is 0 Å². The maximum absolute atomic E-state index is 13.1. The molecule has 0 atom stereocenters. The summed E-state index contributed by atoms with van der Waals surface area (Å²) in [6, 6.07) is 9.51. The summed E-state index contributed by atoms with van der Waals surface area (Å²) >= 11 is 0. The summed E-state index contributed by atoms with van der Waals surface area (Å²) in [5, 5.41) is 15.4. The molecule has 0 fully saturated rings. The summed E-state index contributed by atoms with van der Waals surface area (Å²) in [5.41, 5.74) is 0.0509. The van der Waals surface area contributed by atoms with Crippen LogP contribution in [0.2, 0.25) is 0 Å². The molecule has 0 spiro atoms. The lowest BCUT2D eigenvalue weighted by molar-refractivity contribution is 0.0689. The monoisotopic (exact) mass is 476 g/mol. The molecular formula is C21H21FN4O6S. The van der Waals surface area contributed by atoms with E-state index in [1.54, 1.807) is 13.8 Å². The van der Waals surface area contributed by atoms with Gasteiger partial charge in [-0.1, -0.05) is 0 Å². The number of carboxylic acids is 1. The van der Waals surface area contributed by atoms with Crippen LogP contribution in [0.5, 0.6) is 11.6 Å². The molecule has 2 aromatic carbocycles. The van der Waals surface area contributed by atoms with Crippen molar-refractivity contribution in [2.24, 2.45) is 7.05 Å². The van der Waals surface area contributed by atoms with Crippen LogP contribution >= 0.6 is 0 Å². The third-order valence-electron chi connectivity index (χ3n) is 4.26. The molecule has 3 N–H and O–H groups in total. The second-order valence-corrected chi connectivity index (χ2v) is 8.98. The predicted molar refractivity (Wildman–Crippen MR) is 116 cm³/mol. The van der Waals surface area contributed by atoms with Gasteiger partial charge in [0.2, 0.25) is 15.9 Å². The molecule has 0 unspecified atom stereocenters. The molecule has 0 radical (unpaired) electrons. The molecule has 0 saturated heterocycles. The lowest BCUT2D eigenvalue weighted by atomic mass is 10.2. The number of hydrogen-bond acceptors (Lipinski definition) is 6. The molecule has 0 saturated carbocycles. The molecule has 174 valence electrons. The minimum Gasteiger partial charge on any atom is -0.476 e. The van der Waals surface area contributed by atoms with Gasteiger partial charge in [0, 0.05) is 30.4 Å². The summed E-state index contributed by atoms with van der Waals surface area (Å²) in [6.07, 6.45) is 0. The zero-order valence-corrected chi connectivity index (χ0v) is 18.7. The summed E-state index contributed by atoms with van der Waals surface area (Å²) in [7, 11) is -2.64. The van der Waals surface area contributed by atoms with Crippen molar-refractivity contribution < 1.29 is 32.2 Å². The number of nitrogens with zero attached hydrogens (tertiary/aromatic N) is 2. The zero-order chi connectivity index (χ0) is 24.3. The normalized spacial score (nSPS) is 11.4. The van der Waals surface area contributed by atoms with Crippen molar-refractivity contribution in [1.29, 1.82) is 0 Å². The number of benzene rings is 2. The summed E-state index contributed by atoms with van der Waals surface area (Å²) in [4.78, 5) is 23.3. The van der Waals surface area contributed by atoms with Crippen molar-refractivity contribution >= 4 is 27.6 Å². The van der Waals surface area contributed by atoms with E-state index in [2.05, 4.69) is 15.1 Å². The highest BCUT2D eigenvalue weighted by Gasteiger charge is 2.24. The van der Waals surface area contributed by atoms with Crippen LogP contribution in [0.25, 0.3) is 0 Å². The topological polar surface area (TPSA) is 140 Å². The average molecular weight is 476 g/mol. The number of aromatic nitrogens is 2. The third-order valence-corrected chi connectivity index (χ3v) is 5.94. The van der Waals surface area contributed by atoms with Crippen LogP contribution in [-0.4, -0.2) is 41.2 Å². The van der Waals surface area contributed by atoms with Crippen LogP contribution in [0.4, 0.5) is 10.1 Å².